The number of carbonyl (C=O) groups is 1. The summed E-state index contributed by atoms with van der Waals surface area (Å²) in [6.45, 7) is 4.39. The molecule has 0 saturated heterocycles. The van der Waals surface area contributed by atoms with Crippen LogP contribution in [-0.4, -0.2) is 40.5 Å². The molecule has 0 unspecified atom stereocenters. The van der Waals surface area contributed by atoms with Crippen molar-refractivity contribution in [3.63, 3.8) is 0 Å². The fourth-order valence-electron chi connectivity index (χ4n) is 2.66. The predicted molar refractivity (Wildman–Crippen MR) is 116 cm³/mol. The first-order valence-corrected chi connectivity index (χ1v) is 9.86. The highest BCUT2D eigenvalue weighted by Gasteiger charge is 2.14. The number of aromatic nitrogens is 3. The van der Waals surface area contributed by atoms with Crippen LogP contribution in [-0.2, 0) is 11.3 Å². The lowest BCUT2D eigenvalue weighted by molar-refractivity contribution is -0.113. The first-order chi connectivity index (χ1) is 13.6. The Morgan fingerprint density at radius 3 is 2.50 bits per heavy atom. The van der Waals surface area contributed by atoms with E-state index in [0.717, 1.165) is 22.8 Å². The molecule has 0 aliphatic heterocycles. The maximum atomic E-state index is 12.3. The van der Waals surface area contributed by atoms with Gasteiger partial charge in [0.2, 0.25) is 5.91 Å². The van der Waals surface area contributed by atoms with E-state index in [2.05, 4.69) is 22.1 Å². The average molecular weight is 394 g/mol. The zero-order valence-corrected chi connectivity index (χ0v) is 16.8. The molecule has 0 bridgehead atoms. The third kappa shape index (κ3) is 4.80. The maximum Gasteiger partial charge on any atom is 0.234 e. The van der Waals surface area contributed by atoms with Gasteiger partial charge >= 0.3 is 0 Å². The molecule has 3 aromatic rings. The zero-order chi connectivity index (χ0) is 19.9. The molecule has 1 aromatic heterocycles. The van der Waals surface area contributed by atoms with Crippen LogP contribution in [0.1, 0.15) is 0 Å². The van der Waals surface area contributed by atoms with Crippen LogP contribution in [0.2, 0.25) is 0 Å². The molecule has 2 aromatic carbocycles. The molecule has 0 aliphatic carbocycles. The normalized spacial score (nSPS) is 10.5. The molecule has 0 atom stereocenters. The maximum absolute atomic E-state index is 12.3. The van der Waals surface area contributed by atoms with E-state index in [1.165, 1.54) is 11.8 Å². The summed E-state index contributed by atoms with van der Waals surface area (Å²) in [5.74, 6) is 0.930. The molecular weight excluding hydrogens is 370 g/mol. The van der Waals surface area contributed by atoms with Crippen molar-refractivity contribution in [2.75, 3.05) is 30.1 Å². The third-order valence-corrected chi connectivity index (χ3v) is 5.03. The van der Waals surface area contributed by atoms with E-state index in [9.17, 15) is 4.79 Å². The van der Waals surface area contributed by atoms with E-state index in [4.69, 9.17) is 0 Å². The number of amides is 1. The Hall–Kier alpha value is -3.06. The molecule has 0 saturated carbocycles. The number of hydrogen-bond acceptors (Lipinski definition) is 5. The van der Waals surface area contributed by atoms with Crippen molar-refractivity contribution in [1.82, 2.24) is 14.8 Å². The molecule has 1 heterocycles. The lowest BCUT2D eigenvalue weighted by Gasteiger charge is -2.13. The van der Waals surface area contributed by atoms with E-state index in [-0.39, 0.29) is 11.7 Å². The molecule has 1 amide bonds. The molecule has 0 aliphatic rings. The summed E-state index contributed by atoms with van der Waals surface area (Å²) in [7, 11) is 3.96. The van der Waals surface area contributed by atoms with Gasteiger partial charge in [0.25, 0.3) is 0 Å². The number of thioether (sulfide) groups is 1. The number of anilines is 2. The van der Waals surface area contributed by atoms with Crippen molar-refractivity contribution in [1.29, 1.82) is 0 Å². The van der Waals surface area contributed by atoms with Crippen LogP contribution >= 0.6 is 11.8 Å². The Morgan fingerprint density at radius 1 is 1.14 bits per heavy atom. The minimum absolute atomic E-state index is 0.0861. The van der Waals surface area contributed by atoms with Crippen LogP contribution in [0.4, 0.5) is 11.4 Å². The van der Waals surface area contributed by atoms with Crippen LogP contribution in [0.15, 0.2) is 72.4 Å². The van der Waals surface area contributed by atoms with Gasteiger partial charge in [-0.25, -0.2) is 0 Å². The van der Waals surface area contributed by atoms with Crippen molar-refractivity contribution >= 4 is 29.0 Å². The first-order valence-electron chi connectivity index (χ1n) is 8.88. The molecule has 3 rings (SSSR count). The number of nitrogens with zero attached hydrogens (tertiary/aromatic N) is 4. The van der Waals surface area contributed by atoms with Crippen LogP contribution < -0.4 is 10.2 Å². The predicted octanol–water partition coefficient (Wildman–Crippen LogP) is 3.93. The summed E-state index contributed by atoms with van der Waals surface area (Å²) in [6.07, 6.45) is 1.80. The highest BCUT2D eigenvalue weighted by molar-refractivity contribution is 7.99. The molecule has 0 radical (unpaired) electrons. The second kappa shape index (κ2) is 9.23. The summed E-state index contributed by atoms with van der Waals surface area (Å²) in [5.41, 5.74) is 2.83. The summed E-state index contributed by atoms with van der Waals surface area (Å²) >= 11 is 1.36. The van der Waals surface area contributed by atoms with E-state index in [1.807, 2.05) is 78.2 Å². The van der Waals surface area contributed by atoms with E-state index in [1.54, 1.807) is 6.08 Å². The van der Waals surface area contributed by atoms with E-state index < -0.39 is 0 Å². The van der Waals surface area contributed by atoms with E-state index in [0.29, 0.717) is 11.7 Å². The molecule has 0 spiro atoms. The third-order valence-electron chi connectivity index (χ3n) is 4.06. The minimum atomic E-state index is -0.0861. The quantitative estimate of drug-likeness (QED) is 0.464. The smallest absolute Gasteiger partial charge is 0.234 e. The van der Waals surface area contributed by atoms with Crippen molar-refractivity contribution in [2.45, 2.75) is 11.7 Å². The van der Waals surface area contributed by atoms with Gasteiger partial charge < -0.3 is 10.2 Å². The second-order valence-electron chi connectivity index (χ2n) is 6.35. The van der Waals surface area contributed by atoms with Crippen LogP contribution in [0.5, 0.6) is 0 Å². The lowest BCUT2D eigenvalue weighted by Crippen LogP contribution is -2.15. The van der Waals surface area contributed by atoms with Crippen LogP contribution in [0.3, 0.4) is 0 Å². The monoisotopic (exact) mass is 393 g/mol. The van der Waals surface area contributed by atoms with Crippen LogP contribution in [0, 0.1) is 0 Å². The van der Waals surface area contributed by atoms with Gasteiger partial charge in [0.15, 0.2) is 11.0 Å². The van der Waals surface area contributed by atoms with Gasteiger partial charge in [0.1, 0.15) is 0 Å². The molecule has 0 fully saturated rings. The molecule has 1 N–H and O–H groups in total. The number of benzene rings is 2. The number of hydrogen-bond donors (Lipinski definition) is 1. The zero-order valence-electron chi connectivity index (χ0n) is 16.0. The van der Waals surface area contributed by atoms with Gasteiger partial charge in [0, 0.05) is 37.6 Å². The fraction of sp³-hybridized carbons (Fsp3) is 0.190. The van der Waals surface area contributed by atoms with Crippen LogP contribution in [0.25, 0.3) is 11.4 Å². The van der Waals surface area contributed by atoms with Gasteiger partial charge in [-0.1, -0.05) is 48.2 Å². The van der Waals surface area contributed by atoms with Gasteiger partial charge in [-0.2, -0.15) is 0 Å². The van der Waals surface area contributed by atoms with Crippen molar-refractivity contribution in [3.05, 3.63) is 67.3 Å². The van der Waals surface area contributed by atoms with E-state index >= 15 is 0 Å². The van der Waals surface area contributed by atoms with Crippen molar-refractivity contribution in [3.8, 4) is 11.4 Å². The highest BCUT2D eigenvalue weighted by Crippen LogP contribution is 2.24. The standard InChI is InChI=1S/C21H23N5OS/c1-4-14-26-20(16-8-6-5-7-9-16)23-24-21(26)28-15-19(27)22-17-10-12-18(13-11-17)25(2)3/h4-13H,1,14-15H2,2-3H3,(H,22,27). The van der Waals surface area contributed by atoms with Gasteiger partial charge in [-0.15, -0.1) is 16.8 Å². The second-order valence-corrected chi connectivity index (χ2v) is 7.29. The fourth-order valence-corrected chi connectivity index (χ4v) is 3.41. The number of rotatable bonds is 8. The summed E-state index contributed by atoms with van der Waals surface area (Å²) < 4.78 is 1.96. The average Bonchev–Trinajstić information content (AvgIpc) is 3.10. The number of allylic oxidation sites excluding steroid dienone is 1. The summed E-state index contributed by atoms with van der Waals surface area (Å²) in [4.78, 5) is 14.3. The Kier molecular flexibility index (Phi) is 6.49. The summed E-state index contributed by atoms with van der Waals surface area (Å²) in [5, 5.41) is 12.2. The van der Waals surface area contributed by atoms with Crippen molar-refractivity contribution in [2.24, 2.45) is 0 Å². The SMILES string of the molecule is C=CCn1c(SCC(=O)Nc2ccc(N(C)C)cc2)nnc1-c1ccccc1. The molecule has 6 nitrogen and oxygen atoms in total. The summed E-state index contributed by atoms with van der Waals surface area (Å²) in [6, 6.07) is 17.6. The van der Waals surface area contributed by atoms with Gasteiger partial charge in [-0.3, -0.25) is 9.36 Å². The molecule has 144 valence electrons. The largest absolute Gasteiger partial charge is 0.378 e. The van der Waals surface area contributed by atoms with Gasteiger partial charge in [0.05, 0.1) is 5.75 Å². The Morgan fingerprint density at radius 2 is 1.86 bits per heavy atom. The highest BCUT2D eigenvalue weighted by atomic mass is 32.2. The topological polar surface area (TPSA) is 63.1 Å². The number of nitrogens with one attached hydrogen (secondary N) is 1. The Bertz CT molecular complexity index is 935. The molecule has 7 heteroatoms. The Labute approximate surface area is 169 Å². The molecular formula is C21H23N5OS. The first kappa shape index (κ1) is 19.7. The lowest BCUT2D eigenvalue weighted by atomic mass is 10.2. The van der Waals surface area contributed by atoms with Crippen molar-refractivity contribution < 1.29 is 4.79 Å². The van der Waals surface area contributed by atoms with Gasteiger partial charge in [-0.05, 0) is 24.3 Å². The molecule has 28 heavy (non-hydrogen) atoms. The number of carbonyl (C=O) groups excluding carboxylic acids is 1. The Balaban J connectivity index is 1.66. The minimum Gasteiger partial charge on any atom is -0.378 e.